The molecule has 0 aliphatic rings. The second kappa shape index (κ2) is 9.63. The highest BCUT2D eigenvalue weighted by molar-refractivity contribution is 7.44. The first-order chi connectivity index (χ1) is 20.7. The third-order valence-corrected chi connectivity index (χ3v) is 10.7. The average Bonchev–Trinajstić information content (AvgIpc) is 3.63. The number of thiophene rings is 2. The molecule has 8 aromatic rings. The van der Waals surface area contributed by atoms with E-state index in [1.54, 1.807) is 0 Å². The van der Waals surface area contributed by atoms with Crippen LogP contribution in [-0.4, -0.2) is 14.5 Å². The van der Waals surface area contributed by atoms with Crippen LogP contribution in [0.4, 0.5) is 0 Å². The van der Waals surface area contributed by atoms with Gasteiger partial charge in [0.2, 0.25) is 0 Å². The summed E-state index contributed by atoms with van der Waals surface area (Å²) in [4.78, 5) is 9.74. The third kappa shape index (κ3) is 4.31. The number of nitrogens with zero attached hydrogens (tertiary/aromatic N) is 3. The number of para-hydroxylation sites is 1. The Morgan fingerprint density at radius 1 is 0.744 bits per heavy atom. The Morgan fingerprint density at radius 3 is 2.35 bits per heavy atom. The molecule has 43 heavy (non-hydrogen) atoms. The van der Waals surface area contributed by atoms with Crippen molar-refractivity contribution in [1.29, 1.82) is 0 Å². The Labute approximate surface area is 258 Å². The fourth-order valence-electron chi connectivity index (χ4n) is 5.95. The molecule has 8 rings (SSSR count). The lowest BCUT2D eigenvalue weighted by atomic mass is 9.88. The van der Waals surface area contributed by atoms with Crippen molar-refractivity contribution in [3.8, 4) is 17.3 Å². The smallest absolute Gasteiger partial charge is 0.137 e. The molecule has 4 nitrogen and oxygen atoms in total. The zero-order chi connectivity index (χ0) is 29.5. The lowest BCUT2D eigenvalue weighted by molar-refractivity contribution is 0.484. The molecule has 0 unspecified atom stereocenters. The van der Waals surface area contributed by atoms with Gasteiger partial charge in [-0.05, 0) is 77.1 Å². The second-order valence-electron chi connectivity index (χ2n) is 12.6. The van der Waals surface area contributed by atoms with Crippen LogP contribution in [0.25, 0.3) is 57.3 Å². The maximum absolute atomic E-state index is 6.57. The number of hydrogen-bond donors (Lipinski definition) is 0. The first kappa shape index (κ1) is 26.4. The number of pyridine rings is 2. The largest absolute Gasteiger partial charge is 0.457 e. The fraction of sp³-hybridized carbons (Fsp3) is 0.189. The molecule has 3 aromatic carbocycles. The van der Waals surface area contributed by atoms with Crippen molar-refractivity contribution in [3.63, 3.8) is 0 Å². The van der Waals surface area contributed by atoms with Crippen LogP contribution < -0.4 is 4.74 Å². The van der Waals surface area contributed by atoms with E-state index in [2.05, 4.69) is 118 Å². The Bertz CT molecular complexity index is 2350. The van der Waals surface area contributed by atoms with Crippen LogP contribution in [0.3, 0.4) is 0 Å². The summed E-state index contributed by atoms with van der Waals surface area (Å²) >= 11 is 3.67. The van der Waals surface area contributed by atoms with Crippen LogP contribution in [0.5, 0.6) is 11.5 Å². The minimum atomic E-state index is 0.0712. The topological polar surface area (TPSA) is 39.9 Å². The Kier molecular flexibility index (Phi) is 5.91. The normalized spacial score (nSPS) is 12.5. The Balaban J connectivity index is 1.24. The van der Waals surface area contributed by atoms with Gasteiger partial charge < -0.3 is 4.74 Å². The van der Waals surface area contributed by atoms with Crippen LogP contribution in [0.2, 0.25) is 0 Å². The molecular weight excluding hydrogens is 567 g/mol. The molecule has 0 amide bonds. The van der Waals surface area contributed by atoms with Crippen LogP contribution in [0, 0.1) is 0 Å². The van der Waals surface area contributed by atoms with Gasteiger partial charge in [-0.3, -0.25) is 9.55 Å². The average molecular weight is 598 g/mol. The van der Waals surface area contributed by atoms with E-state index in [0.29, 0.717) is 5.92 Å². The van der Waals surface area contributed by atoms with Gasteiger partial charge in [0.05, 0.1) is 25.3 Å². The quantitative estimate of drug-likeness (QED) is 0.203. The number of aromatic nitrogens is 3. The third-order valence-electron chi connectivity index (χ3n) is 8.33. The predicted molar refractivity (Wildman–Crippen MR) is 184 cm³/mol. The van der Waals surface area contributed by atoms with Crippen molar-refractivity contribution in [2.45, 2.75) is 46.0 Å². The zero-order valence-electron chi connectivity index (χ0n) is 24.8. The van der Waals surface area contributed by atoms with Crippen LogP contribution in [0.15, 0.2) is 91.3 Å². The van der Waals surface area contributed by atoms with E-state index in [-0.39, 0.29) is 5.41 Å². The lowest BCUT2D eigenvalue weighted by Gasteiger charge is -2.18. The van der Waals surface area contributed by atoms with Crippen molar-refractivity contribution < 1.29 is 4.74 Å². The minimum absolute atomic E-state index is 0.0712. The van der Waals surface area contributed by atoms with E-state index in [1.165, 1.54) is 46.1 Å². The van der Waals surface area contributed by atoms with Gasteiger partial charge in [0.25, 0.3) is 0 Å². The molecule has 212 valence electrons. The maximum Gasteiger partial charge on any atom is 0.137 e. The van der Waals surface area contributed by atoms with E-state index in [4.69, 9.17) is 14.7 Å². The van der Waals surface area contributed by atoms with Crippen LogP contribution in [0.1, 0.15) is 51.7 Å². The summed E-state index contributed by atoms with van der Waals surface area (Å²) in [5, 5.41) is 4.82. The molecule has 5 aromatic heterocycles. The highest BCUT2D eigenvalue weighted by Crippen LogP contribution is 2.45. The number of ether oxygens (including phenoxy) is 1. The summed E-state index contributed by atoms with van der Waals surface area (Å²) in [5.41, 5.74) is 5.90. The molecule has 0 N–H and O–H groups in total. The van der Waals surface area contributed by atoms with Crippen molar-refractivity contribution in [1.82, 2.24) is 14.5 Å². The van der Waals surface area contributed by atoms with Gasteiger partial charge in [0, 0.05) is 44.7 Å². The molecule has 0 aliphatic heterocycles. The molecular formula is C37H31N3OS2. The Hall–Kier alpha value is -4.26. The molecule has 5 heterocycles. The van der Waals surface area contributed by atoms with Crippen molar-refractivity contribution >= 4 is 74.2 Å². The van der Waals surface area contributed by atoms with E-state index in [9.17, 15) is 0 Å². The van der Waals surface area contributed by atoms with E-state index < -0.39 is 0 Å². The highest BCUT2D eigenvalue weighted by Gasteiger charge is 2.19. The van der Waals surface area contributed by atoms with Gasteiger partial charge in [-0.1, -0.05) is 52.8 Å². The number of hydrogen-bond acceptors (Lipinski definition) is 5. The molecule has 0 bridgehead atoms. The van der Waals surface area contributed by atoms with Gasteiger partial charge in [-0.2, -0.15) is 0 Å². The number of fused-ring (bicyclic) bond motifs is 8. The Morgan fingerprint density at radius 2 is 1.51 bits per heavy atom. The molecule has 0 fully saturated rings. The summed E-state index contributed by atoms with van der Waals surface area (Å²) in [6, 6.07) is 27.9. The first-order valence-electron chi connectivity index (χ1n) is 14.7. The zero-order valence-corrected chi connectivity index (χ0v) is 26.4. The van der Waals surface area contributed by atoms with Crippen molar-refractivity contribution in [2.24, 2.45) is 0 Å². The standard InChI is InChI=1S/C37H31N3OS2/c1-21(2)22-14-15-38-33(16-22)40-29-9-7-6-8-26(29)27-12-10-25(19-30(27)40)41-24-11-13-31-28(18-24)34-35-32(43-36(34)42-31)17-23(20-39-35)37(3,4)5/h6-21H,1-5H3. The molecule has 0 saturated heterocycles. The summed E-state index contributed by atoms with van der Waals surface area (Å²) < 4.78 is 12.6. The van der Waals surface area contributed by atoms with E-state index >= 15 is 0 Å². The molecule has 0 radical (unpaired) electrons. The minimum Gasteiger partial charge on any atom is -0.457 e. The SMILES string of the molecule is CC(C)c1ccnc(-n2c3ccccc3c3ccc(Oc4ccc5sc6sc7cc(C(C)(C)C)cnc7c6c5c4)cc32)c1. The highest BCUT2D eigenvalue weighted by atomic mass is 32.2. The summed E-state index contributed by atoms with van der Waals surface area (Å²) in [6.45, 7) is 11.1. The van der Waals surface area contributed by atoms with Crippen molar-refractivity contribution in [2.75, 3.05) is 0 Å². The van der Waals surface area contributed by atoms with Gasteiger partial charge >= 0.3 is 0 Å². The number of benzene rings is 3. The summed E-state index contributed by atoms with van der Waals surface area (Å²) in [6.07, 6.45) is 3.95. The fourth-order valence-corrected chi connectivity index (χ4v) is 8.51. The molecule has 0 spiro atoms. The van der Waals surface area contributed by atoms with Gasteiger partial charge in [0.15, 0.2) is 0 Å². The van der Waals surface area contributed by atoms with Gasteiger partial charge in [-0.15, -0.1) is 22.7 Å². The second-order valence-corrected chi connectivity index (χ2v) is 14.9. The molecule has 0 atom stereocenters. The number of rotatable bonds is 4. The molecule has 6 heteroatoms. The maximum atomic E-state index is 6.57. The van der Waals surface area contributed by atoms with Gasteiger partial charge in [0.1, 0.15) is 17.3 Å². The first-order valence-corrected chi connectivity index (χ1v) is 16.3. The van der Waals surface area contributed by atoms with Crippen molar-refractivity contribution in [3.05, 3.63) is 102 Å². The summed E-state index contributed by atoms with van der Waals surface area (Å²) in [5.74, 6) is 2.96. The van der Waals surface area contributed by atoms with Gasteiger partial charge in [-0.25, -0.2) is 4.98 Å². The van der Waals surface area contributed by atoms with E-state index in [1.807, 2.05) is 35.1 Å². The summed E-state index contributed by atoms with van der Waals surface area (Å²) in [7, 11) is 0. The lowest BCUT2D eigenvalue weighted by Crippen LogP contribution is -2.10. The monoisotopic (exact) mass is 597 g/mol. The van der Waals surface area contributed by atoms with E-state index in [0.717, 1.165) is 33.9 Å². The van der Waals surface area contributed by atoms with Crippen LogP contribution in [-0.2, 0) is 5.41 Å². The van der Waals surface area contributed by atoms with Crippen LogP contribution >= 0.6 is 22.7 Å². The molecule has 0 aliphatic carbocycles. The molecule has 0 saturated carbocycles. The predicted octanol–water partition coefficient (Wildman–Crippen LogP) is 11.4.